The Morgan fingerprint density at radius 1 is 1.17 bits per heavy atom. The average Bonchev–Trinajstić information content (AvgIpc) is 2.58. The molecule has 0 fully saturated rings. The molecule has 0 saturated carbocycles. The molecule has 23 heavy (non-hydrogen) atoms. The van der Waals surface area contributed by atoms with E-state index in [0.29, 0.717) is 5.56 Å². The van der Waals surface area contributed by atoms with E-state index < -0.39 is 12.3 Å². The Hall–Kier alpha value is -3.02. The van der Waals surface area contributed by atoms with E-state index in [1.54, 1.807) is 19.1 Å². The van der Waals surface area contributed by atoms with Gasteiger partial charge in [0.1, 0.15) is 6.17 Å². The number of fused-ring (bicyclic) bond motifs is 1. The molecule has 0 bridgehead atoms. The zero-order chi connectivity index (χ0) is 16.2. The summed E-state index contributed by atoms with van der Waals surface area (Å²) in [5.74, 6) is -0.291. The second-order valence-electron chi connectivity index (χ2n) is 5.01. The van der Waals surface area contributed by atoms with Gasteiger partial charge in [0.2, 0.25) is 0 Å². The number of benzene rings is 2. The Morgan fingerprint density at radius 2 is 1.87 bits per heavy atom. The fourth-order valence-corrected chi connectivity index (χ4v) is 2.50. The van der Waals surface area contributed by atoms with E-state index in [2.05, 4.69) is 10.7 Å². The van der Waals surface area contributed by atoms with Gasteiger partial charge in [0.25, 0.3) is 5.91 Å². The third kappa shape index (κ3) is 2.96. The van der Waals surface area contributed by atoms with Crippen molar-refractivity contribution in [3.8, 4) is 0 Å². The number of carbonyl (C=O) groups is 2. The summed E-state index contributed by atoms with van der Waals surface area (Å²) in [5, 5.41) is 4.54. The third-order valence-electron chi connectivity index (χ3n) is 3.53. The Balaban J connectivity index is 1.97. The Kier molecular flexibility index (Phi) is 4.14. The van der Waals surface area contributed by atoms with E-state index >= 15 is 0 Å². The maximum atomic E-state index is 12.8. The van der Waals surface area contributed by atoms with Crippen LogP contribution in [0.3, 0.4) is 0 Å². The molecular weight excluding hydrogens is 294 g/mol. The quantitative estimate of drug-likeness (QED) is 0.914. The van der Waals surface area contributed by atoms with Gasteiger partial charge in [0.15, 0.2) is 0 Å². The molecule has 0 spiro atoms. The van der Waals surface area contributed by atoms with E-state index in [4.69, 9.17) is 4.74 Å². The molecule has 0 radical (unpaired) electrons. The zero-order valence-electron chi connectivity index (χ0n) is 12.7. The third-order valence-corrected chi connectivity index (χ3v) is 3.53. The van der Waals surface area contributed by atoms with E-state index in [9.17, 15) is 9.59 Å². The highest BCUT2D eigenvalue weighted by Gasteiger charge is 2.34. The monoisotopic (exact) mass is 311 g/mol. The molecule has 2 aromatic carbocycles. The highest BCUT2D eigenvalue weighted by molar-refractivity contribution is 6.02. The topological polar surface area (TPSA) is 70.7 Å². The molecule has 0 aliphatic carbocycles. The van der Waals surface area contributed by atoms with Crippen molar-refractivity contribution < 1.29 is 14.3 Å². The van der Waals surface area contributed by atoms with Crippen molar-refractivity contribution >= 4 is 17.7 Å². The Morgan fingerprint density at radius 3 is 2.61 bits per heavy atom. The van der Waals surface area contributed by atoms with Crippen molar-refractivity contribution in [2.75, 3.05) is 11.9 Å². The molecule has 3 rings (SSSR count). The first-order chi connectivity index (χ1) is 11.2. The molecule has 0 saturated heterocycles. The first-order valence-electron chi connectivity index (χ1n) is 7.38. The summed E-state index contributed by atoms with van der Waals surface area (Å²) in [6.45, 7) is 1.94. The van der Waals surface area contributed by atoms with Gasteiger partial charge >= 0.3 is 6.09 Å². The van der Waals surface area contributed by atoms with Crippen molar-refractivity contribution in [3.63, 3.8) is 0 Å². The van der Waals surface area contributed by atoms with E-state index in [1.165, 1.54) is 5.01 Å². The van der Waals surface area contributed by atoms with Crippen LogP contribution in [0.2, 0.25) is 0 Å². The van der Waals surface area contributed by atoms with Crippen molar-refractivity contribution in [1.29, 1.82) is 0 Å². The van der Waals surface area contributed by atoms with Gasteiger partial charge in [-0.1, -0.05) is 42.5 Å². The minimum atomic E-state index is -0.664. The van der Waals surface area contributed by atoms with Gasteiger partial charge in [0, 0.05) is 5.69 Å². The van der Waals surface area contributed by atoms with Gasteiger partial charge in [0.05, 0.1) is 12.2 Å². The molecule has 0 aromatic heterocycles. The van der Waals surface area contributed by atoms with Gasteiger partial charge in [-0.25, -0.2) is 15.2 Å². The van der Waals surface area contributed by atoms with E-state index in [-0.39, 0.29) is 12.5 Å². The van der Waals surface area contributed by atoms with Gasteiger partial charge in [-0.2, -0.15) is 0 Å². The van der Waals surface area contributed by atoms with Gasteiger partial charge in [-0.15, -0.1) is 0 Å². The molecular formula is C17H17N3O3. The lowest BCUT2D eigenvalue weighted by molar-refractivity contribution is 0.0506. The molecule has 1 aliphatic rings. The predicted molar refractivity (Wildman–Crippen MR) is 85.6 cm³/mol. The summed E-state index contributed by atoms with van der Waals surface area (Å²) in [7, 11) is 0. The van der Waals surface area contributed by atoms with Crippen LogP contribution in [0.25, 0.3) is 0 Å². The second-order valence-corrected chi connectivity index (χ2v) is 5.01. The zero-order valence-corrected chi connectivity index (χ0v) is 12.7. The minimum Gasteiger partial charge on any atom is -0.449 e. The number of carbonyl (C=O) groups excluding carboxylic acids is 2. The summed E-state index contributed by atoms with van der Waals surface area (Å²) < 4.78 is 4.89. The number of rotatable bonds is 3. The lowest BCUT2D eigenvalue weighted by Crippen LogP contribution is -2.53. The fraction of sp³-hybridized carbons (Fsp3) is 0.176. The van der Waals surface area contributed by atoms with Gasteiger partial charge < -0.3 is 10.1 Å². The number of nitrogens with zero attached hydrogens (tertiary/aromatic N) is 1. The summed E-state index contributed by atoms with van der Waals surface area (Å²) in [4.78, 5) is 24.5. The number of para-hydroxylation sites is 1. The van der Waals surface area contributed by atoms with Gasteiger partial charge in [-0.3, -0.25) is 4.79 Å². The number of amides is 2. The molecule has 6 heteroatoms. The molecule has 2 N–H and O–H groups in total. The molecule has 1 aliphatic heterocycles. The van der Waals surface area contributed by atoms with E-state index in [1.807, 2.05) is 42.5 Å². The summed E-state index contributed by atoms with van der Waals surface area (Å²) in [5.41, 5.74) is 4.60. The number of anilines is 1. The minimum absolute atomic E-state index is 0.230. The first-order valence-corrected chi connectivity index (χ1v) is 7.38. The lowest BCUT2D eigenvalue weighted by Gasteiger charge is -2.37. The van der Waals surface area contributed by atoms with Gasteiger partial charge in [-0.05, 0) is 24.6 Å². The van der Waals surface area contributed by atoms with Crippen LogP contribution in [-0.2, 0) is 4.74 Å². The van der Waals surface area contributed by atoms with Crippen molar-refractivity contribution in [3.05, 3.63) is 65.7 Å². The van der Waals surface area contributed by atoms with Crippen LogP contribution < -0.4 is 10.7 Å². The van der Waals surface area contributed by atoms with Crippen molar-refractivity contribution in [2.45, 2.75) is 13.1 Å². The van der Waals surface area contributed by atoms with Crippen molar-refractivity contribution in [2.24, 2.45) is 0 Å². The fourth-order valence-electron chi connectivity index (χ4n) is 2.50. The normalized spacial score (nSPS) is 16.3. The standard InChI is InChI=1S/C17H17N3O3/c1-2-23-17(22)19-20-15(12-8-4-3-5-9-12)18-14-11-7-6-10-13(14)16(20)21/h3-11,15,18H,2H2,1H3,(H,19,22)/t15-/m1/s1. The lowest BCUT2D eigenvalue weighted by atomic mass is 10.1. The van der Waals surface area contributed by atoms with Crippen LogP contribution >= 0.6 is 0 Å². The van der Waals surface area contributed by atoms with Crippen molar-refractivity contribution in [1.82, 2.24) is 10.4 Å². The molecule has 0 unspecified atom stereocenters. The number of ether oxygens (including phenoxy) is 1. The molecule has 1 heterocycles. The largest absolute Gasteiger partial charge is 0.449 e. The predicted octanol–water partition coefficient (Wildman–Crippen LogP) is 2.91. The summed E-state index contributed by atoms with van der Waals surface area (Å²) in [6, 6.07) is 16.6. The van der Waals surface area contributed by atoms with Crippen LogP contribution in [0.15, 0.2) is 54.6 Å². The Bertz CT molecular complexity index is 718. The molecule has 1 atom stereocenters. The maximum absolute atomic E-state index is 12.8. The van der Waals surface area contributed by atoms with Crippen LogP contribution in [0, 0.1) is 0 Å². The molecule has 6 nitrogen and oxygen atoms in total. The van der Waals surface area contributed by atoms with Crippen LogP contribution in [0.4, 0.5) is 10.5 Å². The number of nitrogens with one attached hydrogen (secondary N) is 2. The van der Waals surface area contributed by atoms with E-state index in [0.717, 1.165) is 11.3 Å². The maximum Gasteiger partial charge on any atom is 0.426 e. The highest BCUT2D eigenvalue weighted by Crippen LogP contribution is 2.31. The molecule has 118 valence electrons. The summed E-state index contributed by atoms with van der Waals surface area (Å²) >= 11 is 0. The Labute approximate surface area is 134 Å². The SMILES string of the molecule is CCOC(=O)NN1C(=O)c2ccccc2N[C@H]1c1ccccc1. The van der Waals surface area contributed by atoms with Crippen LogP contribution in [0.5, 0.6) is 0 Å². The van der Waals surface area contributed by atoms with Crippen LogP contribution in [-0.4, -0.2) is 23.6 Å². The number of hydrogen-bond acceptors (Lipinski definition) is 4. The first kappa shape index (κ1) is 14.9. The van der Waals surface area contributed by atoms with Crippen LogP contribution in [0.1, 0.15) is 29.0 Å². The number of hydrazine groups is 1. The summed E-state index contributed by atoms with van der Waals surface area (Å²) in [6.07, 6.45) is -1.18. The number of hydrogen-bond donors (Lipinski definition) is 2. The average molecular weight is 311 g/mol. The molecule has 2 amide bonds. The smallest absolute Gasteiger partial charge is 0.426 e. The highest BCUT2D eigenvalue weighted by atomic mass is 16.6. The second kappa shape index (κ2) is 6.39. The molecule has 2 aromatic rings.